The minimum Gasteiger partial charge on any atom is -0.330 e. The molecule has 0 bridgehead atoms. The van der Waals surface area contributed by atoms with Crippen LogP contribution in [0.25, 0.3) is 0 Å². The van der Waals surface area contributed by atoms with Crippen molar-refractivity contribution >= 4 is 0 Å². The first-order chi connectivity index (χ1) is 8.08. The smallest absolute Gasteiger partial charge is 0.0135 e. The Morgan fingerprint density at radius 2 is 2.00 bits per heavy atom. The Hall–Kier alpha value is -0.0800. The molecule has 2 nitrogen and oxygen atoms in total. The van der Waals surface area contributed by atoms with Gasteiger partial charge in [0.05, 0.1) is 0 Å². The summed E-state index contributed by atoms with van der Waals surface area (Å²) in [6.07, 6.45) is 6.86. The maximum Gasteiger partial charge on any atom is 0.0135 e. The molecule has 0 saturated heterocycles. The molecule has 1 aliphatic carbocycles. The van der Waals surface area contributed by atoms with Gasteiger partial charge in [-0.05, 0) is 44.2 Å². The molecule has 2 N–H and O–H groups in total. The Morgan fingerprint density at radius 1 is 1.29 bits per heavy atom. The number of hydrogen-bond acceptors (Lipinski definition) is 2. The number of nitrogens with zero attached hydrogens (tertiary/aromatic N) is 1. The summed E-state index contributed by atoms with van der Waals surface area (Å²) in [4.78, 5) is 2.57. The summed E-state index contributed by atoms with van der Waals surface area (Å²) in [5, 5.41) is 0. The summed E-state index contributed by atoms with van der Waals surface area (Å²) in [5.74, 6) is 2.43. The molecule has 0 spiro atoms. The molecule has 0 aromatic carbocycles. The average Bonchev–Trinajstić information content (AvgIpc) is 2.28. The molecular weight excluding hydrogens is 208 g/mol. The van der Waals surface area contributed by atoms with Crippen molar-refractivity contribution in [1.29, 1.82) is 0 Å². The highest BCUT2D eigenvalue weighted by atomic mass is 15.1. The molecular formula is C15H32N2. The Labute approximate surface area is 108 Å². The topological polar surface area (TPSA) is 29.3 Å². The zero-order valence-corrected chi connectivity index (χ0v) is 12.3. The van der Waals surface area contributed by atoms with E-state index in [1.807, 2.05) is 0 Å². The molecule has 1 rings (SSSR count). The van der Waals surface area contributed by atoms with E-state index in [2.05, 4.69) is 32.7 Å². The van der Waals surface area contributed by atoms with Gasteiger partial charge in [-0.25, -0.2) is 0 Å². The first-order valence-electron chi connectivity index (χ1n) is 7.48. The third kappa shape index (κ3) is 4.59. The molecule has 3 unspecified atom stereocenters. The SMILES string of the molecule is CCCC1CCC(CN)C(N(C)CC(C)C)C1. The summed E-state index contributed by atoms with van der Waals surface area (Å²) in [6, 6.07) is 0.729. The van der Waals surface area contributed by atoms with Crippen LogP contribution in [0, 0.1) is 17.8 Å². The minimum absolute atomic E-state index is 0.729. The molecule has 1 aliphatic rings. The van der Waals surface area contributed by atoms with E-state index in [0.717, 1.165) is 30.3 Å². The van der Waals surface area contributed by atoms with Crippen LogP contribution in [0.15, 0.2) is 0 Å². The highest BCUT2D eigenvalue weighted by Crippen LogP contribution is 2.34. The second kappa shape index (κ2) is 7.38. The zero-order chi connectivity index (χ0) is 12.8. The Morgan fingerprint density at radius 3 is 2.53 bits per heavy atom. The zero-order valence-electron chi connectivity index (χ0n) is 12.3. The first-order valence-corrected chi connectivity index (χ1v) is 7.48. The van der Waals surface area contributed by atoms with Crippen LogP contribution in [-0.2, 0) is 0 Å². The maximum absolute atomic E-state index is 5.95. The van der Waals surface area contributed by atoms with Crippen molar-refractivity contribution in [1.82, 2.24) is 4.90 Å². The molecule has 3 atom stereocenters. The van der Waals surface area contributed by atoms with Crippen LogP contribution in [0.1, 0.15) is 52.9 Å². The molecule has 102 valence electrons. The minimum atomic E-state index is 0.729. The standard InChI is InChI=1S/C15H32N2/c1-5-6-13-7-8-14(10-16)15(9-13)17(4)11-12(2)3/h12-15H,5-11,16H2,1-4H3. The lowest BCUT2D eigenvalue weighted by molar-refractivity contribution is 0.0911. The summed E-state index contributed by atoms with van der Waals surface area (Å²) >= 11 is 0. The van der Waals surface area contributed by atoms with Crippen molar-refractivity contribution in [3.05, 3.63) is 0 Å². The van der Waals surface area contributed by atoms with E-state index >= 15 is 0 Å². The Kier molecular flexibility index (Phi) is 6.50. The van der Waals surface area contributed by atoms with Crippen molar-refractivity contribution < 1.29 is 0 Å². The summed E-state index contributed by atoms with van der Waals surface area (Å²) < 4.78 is 0. The Balaban J connectivity index is 2.55. The van der Waals surface area contributed by atoms with Crippen molar-refractivity contribution in [3.8, 4) is 0 Å². The van der Waals surface area contributed by atoms with Gasteiger partial charge in [0.15, 0.2) is 0 Å². The van der Waals surface area contributed by atoms with Crippen LogP contribution in [0.5, 0.6) is 0 Å². The average molecular weight is 240 g/mol. The first kappa shape index (κ1) is 15.0. The van der Waals surface area contributed by atoms with Gasteiger partial charge in [-0.3, -0.25) is 0 Å². The van der Waals surface area contributed by atoms with Gasteiger partial charge in [0.2, 0.25) is 0 Å². The molecule has 1 fully saturated rings. The molecule has 0 heterocycles. The van der Waals surface area contributed by atoms with Crippen molar-refractivity contribution in [2.24, 2.45) is 23.5 Å². The lowest BCUT2D eigenvalue weighted by Crippen LogP contribution is -2.46. The fourth-order valence-electron chi connectivity index (χ4n) is 3.49. The lowest BCUT2D eigenvalue weighted by atomic mass is 9.76. The molecule has 2 heteroatoms. The maximum atomic E-state index is 5.95. The second-order valence-electron chi connectivity index (χ2n) is 6.36. The predicted molar refractivity (Wildman–Crippen MR) is 76.0 cm³/mol. The van der Waals surface area contributed by atoms with Gasteiger partial charge in [-0.1, -0.05) is 40.0 Å². The normalized spacial score (nSPS) is 30.2. The molecule has 0 aliphatic heterocycles. The van der Waals surface area contributed by atoms with Crippen LogP contribution in [0.2, 0.25) is 0 Å². The third-order valence-electron chi connectivity index (χ3n) is 4.28. The fraction of sp³-hybridized carbons (Fsp3) is 1.00. The van der Waals surface area contributed by atoms with E-state index in [-0.39, 0.29) is 0 Å². The number of hydrogen-bond donors (Lipinski definition) is 1. The quantitative estimate of drug-likeness (QED) is 0.773. The number of nitrogens with two attached hydrogens (primary N) is 1. The van der Waals surface area contributed by atoms with Crippen LogP contribution in [0.3, 0.4) is 0 Å². The monoisotopic (exact) mass is 240 g/mol. The van der Waals surface area contributed by atoms with Gasteiger partial charge < -0.3 is 10.6 Å². The molecule has 0 aromatic heterocycles. The number of rotatable bonds is 6. The van der Waals surface area contributed by atoms with Gasteiger partial charge in [-0.2, -0.15) is 0 Å². The van der Waals surface area contributed by atoms with E-state index in [1.165, 1.54) is 38.6 Å². The van der Waals surface area contributed by atoms with Gasteiger partial charge in [0.25, 0.3) is 0 Å². The van der Waals surface area contributed by atoms with E-state index in [0.29, 0.717) is 0 Å². The van der Waals surface area contributed by atoms with E-state index in [4.69, 9.17) is 5.73 Å². The lowest BCUT2D eigenvalue weighted by Gasteiger charge is -2.41. The van der Waals surface area contributed by atoms with Gasteiger partial charge in [0.1, 0.15) is 0 Å². The predicted octanol–water partition coefficient (Wildman–Crippen LogP) is 3.12. The van der Waals surface area contributed by atoms with Crippen molar-refractivity contribution in [2.45, 2.75) is 58.9 Å². The third-order valence-corrected chi connectivity index (χ3v) is 4.28. The van der Waals surface area contributed by atoms with Gasteiger partial charge >= 0.3 is 0 Å². The molecule has 0 radical (unpaired) electrons. The van der Waals surface area contributed by atoms with Crippen molar-refractivity contribution in [2.75, 3.05) is 20.1 Å². The largest absolute Gasteiger partial charge is 0.330 e. The summed E-state index contributed by atoms with van der Waals surface area (Å²) in [5.41, 5.74) is 5.95. The molecule has 1 saturated carbocycles. The van der Waals surface area contributed by atoms with E-state index < -0.39 is 0 Å². The summed E-state index contributed by atoms with van der Waals surface area (Å²) in [7, 11) is 2.29. The van der Waals surface area contributed by atoms with Gasteiger partial charge in [-0.15, -0.1) is 0 Å². The van der Waals surface area contributed by atoms with Crippen LogP contribution >= 0.6 is 0 Å². The second-order valence-corrected chi connectivity index (χ2v) is 6.36. The highest BCUT2D eigenvalue weighted by molar-refractivity contribution is 4.86. The van der Waals surface area contributed by atoms with E-state index in [1.54, 1.807) is 0 Å². The molecule has 17 heavy (non-hydrogen) atoms. The highest BCUT2D eigenvalue weighted by Gasteiger charge is 2.31. The van der Waals surface area contributed by atoms with Crippen molar-refractivity contribution in [3.63, 3.8) is 0 Å². The van der Waals surface area contributed by atoms with Gasteiger partial charge in [0, 0.05) is 12.6 Å². The molecule has 0 amide bonds. The summed E-state index contributed by atoms with van der Waals surface area (Å²) in [6.45, 7) is 8.99. The van der Waals surface area contributed by atoms with Crippen LogP contribution in [0.4, 0.5) is 0 Å². The fourth-order valence-corrected chi connectivity index (χ4v) is 3.49. The van der Waals surface area contributed by atoms with Crippen LogP contribution in [-0.4, -0.2) is 31.1 Å². The molecule has 0 aromatic rings. The van der Waals surface area contributed by atoms with Crippen LogP contribution < -0.4 is 5.73 Å². The Bertz CT molecular complexity index is 203. The van der Waals surface area contributed by atoms with E-state index in [9.17, 15) is 0 Å².